The number of nitrogens with one attached hydrogen (secondary N) is 1. The number of piperidine rings is 1. The molecule has 1 amide bonds. The van der Waals surface area contributed by atoms with Crippen molar-refractivity contribution in [3.8, 4) is 5.75 Å². The molecule has 3 N–H and O–H groups in total. The van der Waals surface area contributed by atoms with Crippen LogP contribution in [0, 0.1) is 9.49 Å². The molecule has 0 saturated carbocycles. The van der Waals surface area contributed by atoms with E-state index < -0.39 is 0 Å². The summed E-state index contributed by atoms with van der Waals surface area (Å²) < 4.78 is 6.39. The fraction of sp³-hybridized carbons (Fsp3) is 0.259. The first kappa shape index (κ1) is 24.2. The van der Waals surface area contributed by atoms with E-state index in [4.69, 9.17) is 10.5 Å². The summed E-state index contributed by atoms with van der Waals surface area (Å²) in [7, 11) is 1.58. The lowest BCUT2D eigenvalue weighted by atomic mass is 9.94. The quantitative estimate of drug-likeness (QED) is 0.239. The first-order chi connectivity index (χ1) is 16.4. The Balaban J connectivity index is 1.41. The zero-order chi connectivity index (χ0) is 24.1. The molecule has 3 aromatic carbocycles. The molecule has 1 aliphatic heterocycles. The number of amides is 1. The summed E-state index contributed by atoms with van der Waals surface area (Å²) in [5.41, 5.74) is 9.12. The lowest BCUT2D eigenvalue weighted by Gasteiger charge is -2.31. The van der Waals surface area contributed by atoms with Gasteiger partial charge in [-0.1, -0.05) is 18.2 Å². The highest BCUT2D eigenvalue weighted by Crippen LogP contribution is 2.29. The summed E-state index contributed by atoms with van der Waals surface area (Å²) in [4.78, 5) is 28.6. The molecule has 1 saturated heterocycles. The number of benzene rings is 3. The van der Waals surface area contributed by atoms with Gasteiger partial charge in [0.2, 0.25) is 5.91 Å². The maximum absolute atomic E-state index is 13.2. The number of nitrogens with two attached hydrogens (primary N) is 1. The van der Waals surface area contributed by atoms with E-state index in [-0.39, 0.29) is 17.6 Å². The summed E-state index contributed by atoms with van der Waals surface area (Å²) in [6.07, 6.45) is 1.54. The van der Waals surface area contributed by atoms with Crippen LogP contribution in [-0.4, -0.2) is 36.8 Å². The molecule has 0 spiro atoms. The minimum absolute atomic E-state index is 0.0874. The van der Waals surface area contributed by atoms with Gasteiger partial charge >= 0.3 is 0 Å². The number of carbonyl (C=O) groups is 2. The van der Waals surface area contributed by atoms with Gasteiger partial charge < -0.3 is 15.8 Å². The van der Waals surface area contributed by atoms with Crippen molar-refractivity contribution in [1.29, 1.82) is 0 Å². The fourth-order valence-electron chi connectivity index (χ4n) is 4.22. The smallest absolute Gasteiger partial charge is 0.227 e. The van der Waals surface area contributed by atoms with Crippen molar-refractivity contribution in [3.05, 3.63) is 87.0 Å². The minimum Gasteiger partial charge on any atom is -0.497 e. The van der Waals surface area contributed by atoms with Gasteiger partial charge in [0.05, 0.1) is 18.5 Å². The van der Waals surface area contributed by atoms with Crippen LogP contribution in [0.15, 0.2) is 66.7 Å². The number of methoxy groups -OCH3 is 1. The summed E-state index contributed by atoms with van der Waals surface area (Å²) in [5.74, 6) is 0.274. The van der Waals surface area contributed by atoms with Gasteiger partial charge in [-0.05, 0) is 103 Å². The molecule has 1 aliphatic rings. The zero-order valence-electron chi connectivity index (χ0n) is 19.1. The van der Waals surface area contributed by atoms with Crippen molar-refractivity contribution in [2.45, 2.75) is 19.4 Å². The van der Waals surface area contributed by atoms with Crippen molar-refractivity contribution in [2.24, 2.45) is 5.92 Å². The molecule has 7 heteroatoms. The molecular formula is C27H28IN3O3. The number of anilines is 2. The van der Waals surface area contributed by atoms with E-state index in [1.54, 1.807) is 49.6 Å². The number of rotatable bonds is 7. The Kier molecular flexibility index (Phi) is 7.84. The Morgan fingerprint density at radius 3 is 2.35 bits per heavy atom. The third-order valence-corrected chi connectivity index (χ3v) is 6.94. The highest BCUT2D eigenvalue weighted by Gasteiger charge is 2.27. The molecule has 0 atom stereocenters. The molecule has 0 bridgehead atoms. The van der Waals surface area contributed by atoms with Crippen molar-refractivity contribution >= 4 is 45.7 Å². The molecule has 1 heterocycles. The van der Waals surface area contributed by atoms with Gasteiger partial charge in [-0.3, -0.25) is 14.5 Å². The van der Waals surface area contributed by atoms with Crippen LogP contribution < -0.4 is 15.8 Å². The molecule has 6 nitrogen and oxygen atoms in total. The van der Waals surface area contributed by atoms with E-state index in [1.165, 1.54) is 9.13 Å². The number of ketones is 1. The number of para-hydroxylation sites is 1. The number of halogens is 1. The van der Waals surface area contributed by atoms with Crippen LogP contribution in [0.25, 0.3) is 0 Å². The van der Waals surface area contributed by atoms with Gasteiger partial charge in [0.15, 0.2) is 5.78 Å². The summed E-state index contributed by atoms with van der Waals surface area (Å²) in [6, 6.07) is 20.6. The second-order valence-corrected chi connectivity index (χ2v) is 9.74. The second-order valence-electron chi connectivity index (χ2n) is 8.49. The van der Waals surface area contributed by atoms with Gasteiger partial charge in [-0.15, -0.1) is 0 Å². The number of carbonyl (C=O) groups excluding carboxylic acids is 2. The van der Waals surface area contributed by atoms with Crippen LogP contribution in [0.4, 0.5) is 11.4 Å². The lowest BCUT2D eigenvalue weighted by Crippen LogP contribution is -2.38. The SMILES string of the molecule is COc1ccc(C(=O)c2cccc(N)c2NC(=O)C2CCN(Cc3ccc(I)cc3)CC2)cc1. The topological polar surface area (TPSA) is 84.7 Å². The molecule has 34 heavy (non-hydrogen) atoms. The molecule has 4 rings (SSSR count). The molecule has 0 aliphatic carbocycles. The molecule has 3 aromatic rings. The maximum atomic E-state index is 13.2. The maximum Gasteiger partial charge on any atom is 0.227 e. The Labute approximate surface area is 213 Å². The van der Waals surface area contributed by atoms with Gasteiger partial charge in [-0.2, -0.15) is 0 Å². The van der Waals surface area contributed by atoms with Crippen LogP contribution in [-0.2, 0) is 11.3 Å². The summed E-state index contributed by atoms with van der Waals surface area (Å²) >= 11 is 2.31. The predicted octanol–water partition coefficient (Wildman–Crippen LogP) is 4.96. The highest BCUT2D eigenvalue weighted by molar-refractivity contribution is 14.1. The van der Waals surface area contributed by atoms with Gasteiger partial charge in [0.25, 0.3) is 0 Å². The van der Waals surface area contributed by atoms with Gasteiger partial charge in [-0.25, -0.2) is 0 Å². The Bertz CT molecular complexity index is 1150. The molecule has 0 aromatic heterocycles. The Morgan fingerprint density at radius 2 is 1.71 bits per heavy atom. The third-order valence-electron chi connectivity index (χ3n) is 6.22. The van der Waals surface area contributed by atoms with E-state index >= 15 is 0 Å². The number of ether oxygens (including phenoxy) is 1. The van der Waals surface area contributed by atoms with Gasteiger partial charge in [0.1, 0.15) is 5.75 Å². The molecule has 0 radical (unpaired) electrons. The Morgan fingerprint density at radius 1 is 1.03 bits per heavy atom. The fourth-order valence-corrected chi connectivity index (χ4v) is 4.58. The van der Waals surface area contributed by atoms with Crippen molar-refractivity contribution in [1.82, 2.24) is 4.90 Å². The van der Waals surface area contributed by atoms with Crippen LogP contribution >= 0.6 is 22.6 Å². The van der Waals surface area contributed by atoms with Crippen LogP contribution in [0.3, 0.4) is 0 Å². The van der Waals surface area contributed by atoms with Crippen molar-refractivity contribution in [2.75, 3.05) is 31.2 Å². The van der Waals surface area contributed by atoms with E-state index in [0.29, 0.717) is 28.3 Å². The molecular weight excluding hydrogens is 541 g/mol. The molecule has 0 unspecified atom stereocenters. The van der Waals surface area contributed by atoms with Crippen molar-refractivity contribution in [3.63, 3.8) is 0 Å². The first-order valence-electron chi connectivity index (χ1n) is 11.3. The zero-order valence-corrected chi connectivity index (χ0v) is 21.2. The number of nitrogen functional groups attached to an aromatic ring is 1. The number of hydrogen-bond donors (Lipinski definition) is 2. The summed E-state index contributed by atoms with van der Waals surface area (Å²) in [6.45, 7) is 2.59. The number of nitrogens with zero attached hydrogens (tertiary/aromatic N) is 1. The summed E-state index contributed by atoms with van der Waals surface area (Å²) in [5, 5.41) is 2.96. The lowest BCUT2D eigenvalue weighted by molar-refractivity contribution is -0.121. The first-order valence-corrected chi connectivity index (χ1v) is 12.4. The monoisotopic (exact) mass is 569 g/mol. The number of hydrogen-bond acceptors (Lipinski definition) is 5. The standard InChI is InChI=1S/C27H28IN3O3/c1-34-22-11-7-19(8-12-22)26(32)23-3-2-4-24(29)25(23)30-27(33)20-13-15-31(16-14-20)17-18-5-9-21(28)10-6-18/h2-12,20H,13-17,29H2,1H3,(H,30,33). The molecule has 1 fully saturated rings. The Hall–Kier alpha value is -2.91. The normalized spacial score (nSPS) is 14.5. The van der Waals surface area contributed by atoms with Gasteiger partial charge in [0, 0.05) is 27.2 Å². The largest absolute Gasteiger partial charge is 0.497 e. The average molecular weight is 569 g/mol. The van der Waals surface area contributed by atoms with Crippen LogP contribution in [0.2, 0.25) is 0 Å². The predicted molar refractivity (Wildman–Crippen MR) is 143 cm³/mol. The second kappa shape index (κ2) is 11.0. The van der Waals surface area contributed by atoms with Crippen molar-refractivity contribution < 1.29 is 14.3 Å². The van der Waals surface area contributed by atoms with E-state index in [9.17, 15) is 9.59 Å². The van der Waals surface area contributed by atoms with E-state index in [2.05, 4.69) is 57.1 Å². The highest BCUT2D eigenvalue weighted by atomic mass is 127. The third kappa shape index (κ3) is 5.77. The average Bonchev–Trinajstić information content (AvgIpc) is 2.86. The minimum atomic E-state index is -0.197. The van der Waals surface area contributed by atoms with E-state index in [0.717, 1.165) is 32.5 Å². The number of likely N-dealkylation sites (tertiary alicyclic amines) is 1. The van der Waals surface area contributed by atoms with Crippen LogP contribution in [0.5, 0.6) is 5.75 Å². The van der Waals surface area contributed by atoms with Crippen LogP contribution in [0.1, 0.15) is 34.3 Å². The van der Waals surface area contributed by atoms with E-state index in [1.807, 2.05) is 0 Å². The molecule has 176 valence electrons.